The monoisotopic (exact) mass is 475 g/mol. The van der Waals surface area contributed by atoms with Gasteiger partial charge in [0.25, 0.3) is 0 Å². The number of methoxy groups -OCH3 is 1. The Bertz CT molecular complexity index is 1150. The van der Waals surface area contributed by atoms with Gasteiger partial charge in [0.15, 0.2) is 11.6 Å². The summed E-state index contributed by atoms with van der Waals surface area (Å²) in [7, 11) is -0.0144. The fourth-order valence-corrected chi connectivity index (χ4v) is 4.44. The predicted octanol–water partition coefficient (Wildman–Crippen LogP) is 3.46. The number of benzene rings is 1. The summed E-state index contributed by atoms with van der Waals surface area (Å²) in [6, 6.07) is 6.57. The lowest BCUT2D eigenvalue weighted by Gasteiger charge is -2.25. The fourth-order valence-electron chi connectivity index (χ4n) is 3.57. The minimum Gasteiger partial charge on any atom is -0.492 e. The van der Waals surface area contributed by atoms with Gasteiger partial charge in [-0.25, -0.2) is 13.6 Å². The first-order valence-electron chi connectivity index (χ1n) is 10.6. The number of anilines is 3. The Kier molecular flexibility index (Phi) is 7.09. The van der Waals surface area contributed by atoms with Crippen molar-refractivity contribution in [2.24, 2.45) is 0 Å². The second kappa shape index (κ2) is 10.2. The minimum absolute atomic E-state index is 0.0162. The zero-order chi connectivity index (χ0) is 23.4. The number of hydrogen-bond donors (Lipinski definition) is 2. The van der Waals surface area contributed by atoms with Gasteiger partial charge in [0.2, 0.25) is 5.88 Å². The highest BCUT2D eigenvalue weighted by atomic mass is 32.2. The van der Waals surface area contributed by atoms with Gasteiger partial charge in [-0.05, 0) is 30.2 Å². The second-order valence-corrected chi connectivity index (χ2v) is 8.80. The van der Waals surface area contributed by atoms with E-state index in [4.69, 9.17) is 19.7 Å². The molecule has 0 amide bonds. The largest absolute Gasteiger partial charge is 0.492 e. The van der Waals surface area contributed by atoms with Gasteiger partial charge in [0, 0.05) is 42.2 Å². The molecule has 11 heteroatoms. The van der Waals surface area contributed by atoms with Crippen molar-refractivity contribution in [1.82, 2.24) is 10.1 Å². The minimum atomic E-state index is -1.37. The van der Waals surface area contributed by atoms with Crippen molar-refractivity contribution in [2.75, 3.05) is 54.5 Å². The van der Waals surface area contributed by atoms with Crippen molar-refractivity contribution < 1.29 is 22.6 Å². The average molecular weight is 476 g/mol. The number of hydrogen-bond acceptors (Lipinski definition) is 8. The second-order valence-electron chi connectivity index (χ2n) is 7.50. The number of nitrogen functional groups attached to an aromatic ring is 1. The van der Waals surface area contributed by atoms with Crippen LogP contribution < -0.4 is 20.1 Å². The Morgan fingerprint density at radius 3 is 2.76 bits per heavy atom. The summed E-state index contributed by atoms with van der Waals surface area (Å²) in [5.41, 5.74) is 8.64. The molecule has 1 aliphatic rings. The summed E-state index contributed by atoms with van der Waals surface area (Å²) < 4.78 is 45.9. The molecule has 33 heavy (non-hydrogen) atoms. The molecule has 1 saturated heterocycles. The smallest absolute Gasteiger partial charge is 0.228 e. The van der Waals surface area contributed by atoms with Gasteiger partial charge in [0.1, 0.15) is 22.5 Å². The molecule has 3 aromatic rings. The van der Waals surface area contributed by atoms with E-state index in [1.54, 1.807) is 18.3 Å². The van der Waals surface area contributed by atoms with E-state index in [0.717, 1.165) is 13.1 Å². The van der Waals surface area contributed by atoms with Crippen LogP contribution >= 0.6 is 0 Å². The van der Waals surface area contributed by atoms with Gasteiger partial charge in [-0.1, -0.05) is 12.1 Å². The first-order chi connectivity index (χ1) is 16.0. The standard InChI is InChI=1S/C22H26FN5O4S/c1-3-8-33(29)27-19-11-14(10-17(23)21(19)30-2)16-9-15(13-25-22(16)24)18-12-20(32-26-18)28-4-6-31-7-5-28/h9-13,27H,3-8H2,1-2H3,(H2,24,25). The van der Waals surface area contributed by atoms with E-state index >= 15 is 0 Å². The van der Waals surface area contributed by atoms with Crippen LogP contribution in [-0.4, -0.2) is 53.5 Å². The van der Waals surface area contributed by atoms with Gasteiger partial charge in [-0.3, -0.25) is 0 Å². The molecule has 176 valence electrons. The maximum atomic E-state index is 14.8. The summed E-state index contributed by atoms with van der Waals surface area (Å²) in [6.45, 7) is 4.62. The van der Waals surface area contributed by atoms with Gasteiger partial charge >= 0.3 is 0 Å². The van der Waals surface area contributed by atoms with Crippen molar-refractivity contribution in [3.63, 3.8) is 0 Å². The normalized spacial score (nSPS) is 14.8. The van der Waals surface area contributed by atoms with E-state index in [1.807, 2.05) is 13.0 Å². The summed E-state index contributed by atoms with van der Waals surface area (Å²) in [6.07, 6.45) is 2.31. The van der Waals surface area contributed by atoms with E-state index in [9.17, 15) is 8.60 Å². The van der Waals surface area contributed by atoms with E-state index in [2.05, 4.69) is 19.8 Å². The van der Waals surface area contributed by atoms with Gasteiger partial charge in [-0.15, -0.1) is 0 Å². The lowest BCUT2D eigenvalue weighted by atomic mass is 10.0. The summed E-state index contributed by atoms with van der Waals surface area (Å²) in [5, 5.41) is 4.16. The number of nitrogens with zero attached hydrogens (tertiary/aromatic N) is 3. The van der Waals surface area contributed by atoms with Gasteiger partial charge in [-0.2, -0.15) is 0 Å². The van der Waals surface area contributed by atoms with Gasteiger partial charge < -0.3 is 29.4 Å². The number of pyridine rings is 1. The van der Waals surface area contributed by atoms with Crippen molar-refractivity contribution in [1.29, 1.82) is 0 Å². The molecule has 0 radical (unpaired) electrons. The number of ether oxygens (including phenoxy) is 2. The van der Waals surface area contributed by atoms with Crippen LogP contribution in [0.5, 0.6) is 5.75 Å². The SMILES string of the molecule is CCCS(=O)Nc1cc(-c2cc(-c3cc(N4CCOCC4)on3)cnc2N)cc(F)c1OC. The third-order valence-electron chi connectivity index (χ3n) is 5.21. The van der Waals surface area contributed by atoms with Crippen LogP contribution in [0.4, 0.5) is 21.8 Å². The molecule has 9 nitrogen and oxygen atoms in total. The molecule has 0 bridgehead atoms. The number of halogens is 1. The van der Waals surface area contributed by atoms with Crippen LogP contribution in [0.2, 0.25) is 0 Å². The third-order valence-corrected chi connectivity index (χ3v) is 6.43. The molecular formula is C22H26FN5O4S. The number of morpholine rings is 1. The number of aromatic nitrogens is 2. The zero-order valence-electron chi connectivity index (χ0n) is 18.5. The quantitative estimate of drug-likeness (QED) is 0.509. The lowest BCUT2D eigenvalue weighted by Crippen LogP contribution is -2.35. The summed E-state index contributed by atoms with van der Waals surface area (Å²) in [5.74, 6) is 0.670. The van der Waals surface area contributed by atoms with Crippen molar-refractivity contribution in [2.45, 2.75) is 13.3 Å². The Morgan fingerprint density at radius 2 is 2.03 bits per heavy atom. The Labute approximate surface area is 193 Å². The molecule has 3 N–H and O–H groups in total. The molecule has 4 rings (SSSR count). The Balaban J connectivity index is 1.68. The maximum Gasteiger partial charge on any atom is 0.228 e. The van der Waals surface area contributed by atoms with Gasteiger partial charge in [0.05, 0.1) is 26.0 Å². The van der Waals surface area contributed by atoms with Crippen molar-refractivity contribution in [3.05, 3.63) is 36.3 Å². The third kappa shape index (κ3) is 5.09. The highest BCUT2D eigenvalue weighted by Gasteiger charge is 2.19. The number of nitrogens with two attached hydrogens (primary N) is 1. The zero-order valence-corrected chi connectivity index (χ0v) is 19.3. The predicted molar refractivity (Wildman–Crippen MR) is 126 cm³/mol. The van der Waals surface area contributed by atoms with Crippen molar-refractivity contribution in [3.8, 4) is 28.1 Å². The average Bonchev–Trinajstić information content (AvgIpc) is 3.30. The van der Waals surface area contributed by atoms with Crippen LogP contribution in [0.3, 0.4) is 0 Å². The molecule has 3 heterocycles. The highest BCUT2D eigenvalue weighted by molar-refractivity contribution is 7.86. The first-order valence-corrected chi connectivity index (χ1v) is 11.9. The molecular weight excluding hydrogens is 449 g/mol. The lowest BCUT2D eigenvalue weighted by molar-refractivity contribution is 0.120. The van der Waals surface area contributed by atoms with E-state index in [-0.39, 0.29) is 17.3 Å². The van der Waals surface area contributed by atoms with Crippen LogP contribution in [0.1, 0.15) is 13.3 Å². The van der Waals surface area contributed by atoms with Crippen LogP contribution in [0, 0.1) is 5.82 Å². The maximum absolute atomic E-state index is 14.8. The topological polar surface area (TPSA) is 116 Å². The van der Waals surface area contributed by atoms with Crippen molar-refractivity contribution >= 4 is 28.4 Å². The van der Waals surface area contributed by atoms with E-state index in [0.29, 0.717) is 53.7 Å². The molecule has 1 aliphatic heterocycles. The highest BCUT2D eigenvalue weighted by Crippen LogP contribution is 2.37. The first kappa shape index (κ1) is 23.0. The van der Waals surface area contributed by atoms with E-state index in [1.165, 1.54) is 13.2 Å². The van der Waals surface area contributed by atoms with Crippen LogP contribution in [0.15, 0.2) is 35.0 Å². The molecule has 1 unspecified atom stereocenters. The number of nitrogens with one attached hydrogen (secondary N) is 1. The molecule has 1 fully saturated rings. The Morgan fingerprint density at radius 1 is 1.24 bits per heavy atom. The Hall–Kier alpha value is -3.18. The molecule has 1 aromatic carbocycles. The molecule has 2 aromatic heterocycles. The summed E-state index contributed by atoms with van der Waals surface area (Å²) >= 11 is 0. The summed E-state index contributed by atoms with van der Waals surface area (Å²) in [4.78, 5) is 6.33. The molecule has 0 saturated carbocycles. The van der Waals surface area contributed by atoms with Crippen LogP contribution in [0.25, 0.3) is 22.4 Å². The fraction of sp³-hybridized carbons (Fsp3) is 0.364. The van der Waals surface area contributed by atoms with E-state index < -0.39 is 16.8 Å². The van der Waals surface area contributed by atoms with Crippen LogP contribution in [-0.2, 0) is 15.7 Å². The molecule has 1 atom stereocenters. The molecule has 0 spiro atoms. The molecule has 0 aliphatic carbocycles. The number of rotatable bonds is 8.